The van der Waals surface area contributed by atoms with Gasteiger partial charge in [0.1, 0.15) is 0 Å². The fraction of sp³-hybridized carbons (Fsp3) is 0.385. The number of carbonyl (C=O) groups is 1. The molecular formula is C13H20N4O2. The summed E-state index contributed by atoms with van der Waals surface area (Å²) in [6, 6.07) is 7.24. The van der Waals surface area contributed by atoms with Crippen molar-refractivity contribution in [3.63, 3.8) is 0 Å². The summed E-state index contributed by atoms with van der Waals surface area (Å²) in [5.41, 5.74) is 7.28. The van der Waals surface area contributed by atoms with Crippen LogP contribution in [0.15, 0.2) is 29.4 Å². The van der Waals surface area contributed by atoms with Gasteiger partial charge in [0.25, 0.3) is 0 Å². The first kappa shape index (κ1) is 14.8. The number of anilines is 1. The largest absolute Gasteiger partial charge is 0.409 e. The smallest absolute Gasteiger partial charge is 0.322 e. The number of nitrogens with one attached hydrogen (secondary N) is 1. The van der Waals surface area contributed by atoms with Crippen molar-refractivity contribution in [1.82, 2.24) is 4.90 Å². The van der Waals surface area contributed by atoms with Crippen LogP contribution in [0.5, 0.6) is 0 Å². The van der Waals surface area contributed by atoms with E-state index in [2.05, 4.69) is 10.5 Å². The van der Waals surface area contributed by atoms with Crippen LogP contribution in [-0.4, -0.2) is 35.1 Å². The Bertz CT molecular complexity index is 442. The number of aryl methyl sites for hydroxylation is 1. The van der Waals surface area contributed by atoms with Crippen molar-refractivity contribution in [3.8, 4) is 0 Å². The van der Waals surface area contributed by atoms with E-state index >= 15 is 0 Å². The second kappa shape index (κ2) is 7.25. The summed E-state index contributed by atoms with van der Waals surface area (Å²) in [5.74, 6) is 0.00695. The Hall–Kier alpha value is -2.24. The van der Waals surface area contributed by atoms with Gasteiger partial charge in [-0.15, -0.1) is 0 Å². The number of amides is 2. The average molecular weight is 264 g/mol. The van der Waals surface area contributed by atoms with Gasteiger partial charge in [0.15, 0.2) is 5.84 Å². The molecule has 0 spiro atoms. The highest BCUT2D eigenvalue weighted by Gasteiger charge is 2.14. The normalized spacial score (nSPS) is 11.2. The number of hydrogen-bond acceptors (Lipinski definition) is 3. The zero-order valence-electron chi connectivity index (χ0n) is 11.3. The van der Waals surface area contributed by atoms with Gasteiger partial charge in [0, 0.05) is 12.2 Å². The molecule has 0 aliphatic heterocycles. The van der Waals surface area contributed by atoms with E-state index in [0.29, 0.717) is 6.54 Å². The van der Waals surface area contributed by atoms with Crippen LogP contribution in [0.2, 0.25) is 0 Å². The number of nitrogens with zero attached hydrogens (tertiary/aromatic N) is 2. The van der Waals surface area contributed by atoms with Gasteiger partial charge in [-0.05, 0) is 25.5 Å². The molecule has 1 aromatic carbocycles. The van der Waals surface area contributed by atoms with Crippen molar-refractivity contribution in [2.45, 2.75) is 20.3 Å². The molecule has 0 bridgehead atoms. The Morgan fingerprint density at radius 2 is 2.05 bits per heavy atom. The van der Waals surface area contributed by atoms with Crippen molar-refractivity contribution in [2.75, 3.05) is 18.4 Å². The molecule has 0 aliphatic carbocycles. The van der Waals surface area contributed by atoms with E-state index in [1.165, 1.54) is 4.90 Å². The second-order valence-electron chi connectivity index (χ2n) is 4.31. The summed E-state index contributed by atoms with van der Waals surface area (Å²) in [7, 11) is 0. The minimum absolute atomic E-state index is 0.00695. The van der Waals surface area contributed by atoms with E-state index in [1.807, 2.05) is 38.1 Å². The topological polar surface area (TPSA) is 90.9 Å². The van der Waals surface area contributed by atoms with Crippen LogP contribution >= 0.6 is 0 Å². The van der Waals surface area contributed by atoms with E-state index in [-0.39, 0.29) is 18.4 Å². The molecular weight excluding hydrogens is 244 g/mol. The van der Waals surface area contributed by atoms with Gasteiger partial charge in [0.2, 0.25) is 0 Å². The molecule has 4 N–H and O–H groups in total. The molecule has 0 heterocycles. The van der Waals surface area contributed by atoms with Crippen LogP contribution in [0, 0.1) is 6.92 Å². The molecule has 1 aromatic rings. The highest BCUT2D eigenvalue weighted by atomic mass is 16.4. The van der Waals surface area contributed by atoms with Crippen LogP contribution in [0.1, 0.15) is 18.9 Å². The zero-order chi connectivity index (χ0) is 14.3. The van der Waals surface area contributed by atoms with Crippen molar-refractivity contribution < 1.29 is 10.0 Å². The molecule has 2 amide bonds. The lowest BCUT2D eigenvalue weighted by Gasteiger charge is -2.21. The van der Waals surface area contributed by atoms with Gasteiger partial charge in [-0.25, -0.2) is 4.79 Å². The molecule has 0 saturated heterocycles. The molecule has 104 valence electrons. The molecule has 1 rings (SSSR count). The monoisotopic (exact) mass is 264 g/mol. The molecule has 0 atom stereocenters. The third kappa shape index (κ3) is 4.87. The number of rotatable bonds is 5. The lowest BCUT2D eigenvalue weighted by Crippen LogP contribution is -2.41. The zero-order valence-corrected chi connectivity index (χ0v) is 11.3. The van der Waals surface area contributed by atoms with Crippen molar-refractivity contribution in [3.05, 3.63) is 29.8 Å². The summed E-state index contributed by atoms with van der Waals surface area (Å²) in [6.45, 7) is 4.57. The van der Waals surface area contributed by atoms with Crippen molar-refractivity contribution in [1.29, 1.82) is 0 Å². The number of oxime groups is 1. The SMILES string of the molecule is CCCN(CC(N)=NO)C(=O)Nc1ccc(C)cc1. The fourth-order valence-electron chi connectivity index (χ4n) is 1.59. The lowest BCUT2D eigenvalue weighted by atomic mass is 10.2. The molecule has 0 unspecified atom stereocenters. The Kier molecular flexibility index (Phi) is 5.66. The van der Waals surface area contributed by atoms with Crippen LogP contribution in [0.4, 0.5) is 10.5 Å². The quantitative estimate of drug-likeness (QED) is 0.329. The van der Waals surface area contributed by atoms with Crippen molar-refractivity contribution in [2.24, 2.45) is 10.9 Å². The maximum Gasteiger partial charge on any atom is 0.322 e. The van der Waals surface area contributed by atoms with Crippen LogP contribution in [0.3, 0.4) is 0 Å². The average Bonchev–Trinajstić information content (AvgIpc) is 2.40. The van der Waals surface area contributed by atoms with Gasteiger partial charge in [-0.3, -0.25) is 0 Å². The lowest BCUT2D eigenvalue weighted by molar-refractivity contribution is 0.218. The third-order valence-electron chi connectivity index (χ3n) is 2.56. The second-order valence-corrected chi connectivity index (χ2v) is 4.31. The van der Waals surface area contributed by atoms with Gasteiger partial charge in [-0.1, -0.05) is 29.8 Å². The number of nitrogens with two attached hydrogens (primary N) is 1. The number of urea groups is 1. The predicted octanol–water partition coefficient (Wildman–Crippen LogP) is 1.99. The summed E-state index contributed by atoms with van der Waals surface area (Å²) in [6.07, 6.45) is 0.792. The van der Waals surface area contributed by atoms with Gasteiger partial charge >= 0.3 is 6.03 Å². The summed E-state index contributed by atoms with van der Waals surface area (Å²) < 4.78 is 0. The molecule has 0 fully saturated rings. The number of amidine groups is 1. The van der Waals surface area contributed by atoms with E-state index in [1.54, 1.807) is 0 Å². The Labute approximate surface area is 112 Å². The Morgan fingerprint density at radius 3 is 2.58 bits per heavy atom. The standard InChI is InChI=1S/C13H20N4O2/c1-3-8-17(9-12(14)16-19)13(18)15-11-6-4-10(2)5-7-11/h4-7,19H,3,8-9H2,1-2H3,(H2,14,16)(H,15,18). The van der Waals surface area contributed by atoms with Crippen LogP contribution in [-0.2, 0) is 0 Å². The first-order valence-electron chi connectivity index (χ1n) is 6.15. The van der Waals surface area contributed by atoms with E-state index in [9.17, 15) is 4.79 Å². The molecule has 19 heavy (non-hydrogen) atoms. The highest BCUT2D eigenvalue weighted by Crippen LogP contribution is 2.09. The first-order chi connectivity index (χ1) is 9.06. The van der Waals surface area contributed by atoms with E-state index in [0.717, 1.165) is 17.7 Å². The highest BCUT2D eigenvalue weighted by molar-refractivity contribution is 5.93. The number of benzene rings is 1. The minimum Gasteiger partial charge on any atom is -0.409 e. The summed E-state index contributed by atoms with van der Waals surface area (Å²) in [4.78, 5) is 13.6. The Balaban J connectivity index is 2.68. The number of carbonyl (C=O) groups excluding carboxylic acids is 1. The molecule has 6 heteroatoms. The van der Waals surface area contributed by atoms with Crippen molar-refractivity contribution >= 4 is 17.6 Å². The summed E-state index contributed by atoms with van der Waals surface area (Å²) in [5, 5.41) is 14.2. The molecule has 6 nitrogen and oxygen atoms in total. The van der Waals surface area contributed by atoms with Gasteiger partial charge in [-0.2, -0.15) is 0 Å². The summed E-state index contributed by atoms with van der Waals surface area (Å²) >= 11 is 0. The Morgan fingerprint density at radius 1 is 1.42 bits per heavy atom. The minimum atomic E-state index is -0.266. The van der Waals surface area contributed by atoms with Gasteiger partial charge < -0.3 is 21.2 Å². The maximum absolute atomic E-state index is 12.1. The molecule has 0 saturated carbocycles. The fourth-order valence-corrected chi connectivity index (χ4v) is 1.59. The third-order valence-corrected chi connectivity index (χ3v) is 2.56. The predicted molar refractivity (Wildman–Crippen MR) is 75.5 cm³/mol. The molecule has 0 aliphatic rings. The van der Waals surface area contributed by atoms with E-state index in [4.69, 9.17) is 10.9 Å². The number of hydrogen-bond donors (Lipinski definition) is 3. The maximum atomic E-state index is 12.1. The van der Waals surface area contributed by atoms with Gasteiger partial charge in [0.05, 0.1) is 6.54 Å². The van der Waals surface area contributed by atoms with Crippen LogP contribution in [0.25, 0.3) is 0 Å². The van der Waals surface area contributed by atoms with E-state index < -0.39 is 0 Å². The van der Waals surface area contributed by atoms with Crippen LogP contribution < -0.4 is 11.1 Å². The first-order valence-corrected chi connectivity index (χ1v) is 6.15. The molecule has 0 aromatic heterocycles. The molecule has 0 radical (unpaired) electrons.